The van der Waals surface area contributed by atoms with Gasteiger partial charge in [0.15, 0.2) is 29.2 Å². The van der Waals surface area contributed by atoms with Crippen LogP contribution in [0.5, 0.6) is 0 Å². The van der Waals surface area contributed by atoms with E-state index in [9.17, 15) is 15.0 Å². The van der Waals surface area contributed by atoms with Gasteiger partial charge >= 0.3 is 5.97 Å². The Kier molecular flexibility index (Phi) is 21.2. The van der Waals surface area contributed by atoms with Gasteiger partial charge in [0.1, 0.15) is 17.8 Å². The number of carbonyl (C=O) groups excluding carboxylic acids is 1. The molecule has 3 saturated heterocycles. The van der Waals surface area contributed by atoms with Crippen LogP contribution in [0.25, 0.3) is 0 Å². The van der Waals surface area contributed by atoms with Crippen molar-refractivity contribution in [3.05, 3.63) is 0 Å². The van der Waals surface area contributed by atoms with Gasteiger partial charge in [-0.1, -0.05) is 32.9 Å². The third kappa shape index (κ3) is 15.5. The number of hydrogen-bond acceptors (Lipinski definition) is 16. The van der Waals surface area contributed by atoms with E-state index in [0.717, 1.165) is 6.42 Å². The monoisotopic (exact) mass is 993 g/mol. The van der Waals surface area contributed by atoms with Crippen molar-refractivity contribution < 1.29 is 66.6 Å². The van der Waals surface area contributed by atoms with Crippen molar-refractivity contribution in [3.8, 4) is 0 Å². The van der Waals surface area contributed by atoms with Crippen LogP contribution >= 0.6 is 0 Å². The van der Waals surface area contributed by atoms with Crippen LogP contribution in [0.4, 0.5) is 0 Å². The van der Waals surface area contributed by atoms with E-state index in [4.69, 9.17) is 56.7 Å². The molecule has 18 atom stereocenters. The first-order valence-corrected chi connectivity index (χ1v) is 31.7. The Hall–Kier alpha value is -1.11. The second-order valence-corrected chi connectivity index (χ2v) is 32.0. The molecule has 0 aromatic rings. The summed E-state index contributed by atoms with van der Waals surface area (Å²) in [6.07, 6.45) is -5.99. The van der Waals surface area contributed by atoms with Gasteiger partial charge in [0.25, 0.3) is 0 Å². The van der Waals surface area contributed by atoms with Crippen molar-refractivity contribution in [2.45, 2.75) is 245 Å². The number of rotatable bonds is 16. The zero-order valence-electron chi connectivity index (χ0n) is 45.9. The average Bonchev–Trinajstić information content (AvgIpc) is 3.20. The first-order chi connectivity index (χ1) is 30.6. The molecule has 3 aliphatic rings. The molecule has 0 amide bonds. The maximum atomic E-state index is 14.8. The predicted octanol–water partition coefficient (Wildman–Crippen LogP) is 7.73. The van der Waals surface area contributed by atoms with E-state index in [2.05, 4.69) is 44.2 Å². The lowest BCUT2D eigenvalue weighted by molar-refractivity contribution is -0.316. The number of aliphatic hydroxyl groups excluding tert-OH is 1. The van der Waals surface area contributed by atoms with Crippen LogP contribution in [-0.4, -0.2) is 168 Å². The zero-order valence-corrected chi connectivity index (χ0v) is 47.9. The molecule has 0 radical (unpaired) electrons. The maximum absolute atomic E-state index is 14.8. The summed E-state index contributed by atoms with van der Waals surface area (Å²) in [5.41, 5.74) is -3.43. The van der Waals surface area contributed by atoms with Gasteiger partial charge in [-0.25, -0.2) is 0 Å². The van der Waals surface area contributed by atoms with Gasteiger partial charge in [0.05, 0.1) is 59.5 Å². The molecule has 18 heteroatoms. The first kappa shape index (κ1) is 60.2. The summed E-state index contributed by atoms with van der Waals surface area (Å²) in [5.74, 6) is -4.57. The van der Waals surface area contributed by atoms with Gasteiger partial charge in [-0.15, -0.1) is 0 Å². The lowest BCUT2D eigenvalue weighted by atomic mass is 9.73. The number of cyclic esters (lactones) is 1. The predicted molar refractivity (Wildman–Crippen MR) is 265 cm³/mol. The largest absolute Gasteiger partial charge is 0.459 e. The number of carbonyl (C=O) groups is 1. The molecule has 16 nitrogen and oxygen atoms in total. The van der Waals surface area contributed by atoms with Crippen LogP contribution in [0.2, 0.25) is 39.3 Å². The fourth-order valence-electron chi connectivity index (χ4n) is 10.4. The van der Waals surface area contributed by atoms with E-state index >= 15 is 0 Å². The molecule has 394 valence electrons. The minimum Gasteiger partial charge on any atom is -0.459 e. The summed E-state index contributed by atoms with van der Waals surface area (Å²) < 4.78 is 66.8. The molecule has 3 heterocycles. The molecule has 3 rings (SSSR count). The van der Waals surface area contributed by atoms with Crippen molar-refractivity contribution in [2.75, 3.05) is 34.9 Å². The third-order valence-corrected chi connectivity index (χ3v) is 16.0. The highest BCUT2D eigenvalue weighted by Crippen LogP contribution is 2.43. The van der Waals surface area contributed by atoms with Gasteiger partial charge in [0.2, 0.25) is 5.79 Å². The number of oxime groups is 1. The van der Waals surface area contributed by atoms with Crippen LogP contribution in [0, 0.1) is 23.7 Å². The summed E-state index contributed by atoms with van der Waals surface area (Å²) in [5, 5.41) is 29.2. The van der Waals surface area contributed by atoms with Gasteiger partial charge in [0, 0.05) is 64.9 Å². The van der Waals surface area contributed by atoms with Crippen molar-refractivity contribution in [1.82, 2.24) is 4.90 Å². The molecule has 0 unspecified atom stereocenters. The average molecular weight is 993 g/mol. The second kappa shape index (κ2) is 23.6. The van der Waals surface area contributed by atoms with Gasteiger partial charge in [-0.05, 0) is 121 Å². The standard InChI is InChI=1S/C49H96N2O14Si2/c1-24-36-49(13,54)41(52)31(5)38(50-65-46(9,10)57-25-2)29(3)27-47(11,55-16)42(62-45-40(63-66(18,19)20)35(51(14)15)26-30(4)58-45)32(6)39(33(7)44(53)60-36)61-37-28-48(12,56-17)43(34(8)59-37)64-67(21,22)23/h29-37,39-43,45,52,54H,24-28H2,1-23H3/t29-,30-,31+,32+,33-,34+,35-,36-,37+,39+,40+,41-,42-,43+,45+,47-,48-,49-/m1/s1. The minimum absolute atomic E-state index is 0.0381. The Balaban J connectivity index is 2.39. The third-order valence-electron chi connectivity index (χ3n) is 14.1. The van der Waals surface area contributed by atoms with E-state index in [-0.39, 0.29) is 31.1 Å². The van der Waals surface area contributed by atoms with Crippen molar-refractivity contribution in [3.63, 3.8) is 0 Å². The molecule has 0 bridgehead atoms. The SMILES string of the molecule is CCOC(C)(C)ON=C1[C@H](C)C[C@@](C)(OC)[C@H](O[C@@H]2O[C@H](C)C[C@@H](N(C)C)[C@@H]2O[Si](C)(C)C)[C@@H](C)[C@H](O[C@H]2C[C@@](C)(OC)[C@@H](O[Si](C)(C)C)[C@H](C)O2)[C@@H](C)C(=O)O[C@H](CC)[C@@](C)(O)[C@H](O)[C@H]1C. The molecule has 2 N–H and O–H groups in total. The highest BCUT2D eigenvalue weighted by molar-refractivity contribution is 6.70. The van der Waals surface area contributed by atoms with Gasteiger partial charge in [-0.3, -0.25) is 4.79 Å². The Bertz CT molecular complexity index is 1590. The number of likely N-dealkylation sites (N-methyl/N-ethyl adjacent to an activating group) is 1. The van der Waals surface area contributed by atoms with Crippen molar-refractivity contribution >= 4 is 28.3 Å². The summed E-state index contributed by atoms with van der Waals surface area (Å²) in [7, 11) is 3.16. The number of esters is 1. The molecule has 0 aliphatic carbocycles. The molecule has 0 spiro atoms. The van der Waals surface area contributed by atoms with E-state index in [1.807, 2.05) is 62.6 Å². The Morgan fingerprint density at radius 3 is 1.90 bits per heavy atom. The maximum Gasteiger partial charge on any atom is 0.311 e. The smallest absolute Gasteiger partial charge is 0.311 e. The number of methoxy groups -OCH3 is 2. The number of nitrogens with zero attached hydrogens (tertiary/aromatic N) is 2. The van der Waals surface area contributed by atoms with Crippen molar-refractivity contribution in [2.24, 2.45) is 28.8 Å². The molecular formula is C49H96N2O14Si2. The van der Waals surface area contributed by atoms with Gasteiger partial charge < -0.3 is 66.7 Å². The lowest BCUT2D eigenvalue weighted by Crippen LogP contribution is -2.63. The van der Waals surface area contributed by atoms with E-state index in [1.165, 1.54) is 6.92 Å². The molecule has 0 aromatic carbocycles. The number of ether oxygens (including phenoxy) is 8. The van der Waals surface area contributed by atoms with Crippen LogP contribution in [-0.2, 0) is 56.4 Å². The Morgan fingerprint density at radius 2 is 1.39 bits per heavy atom. The fraction of sp³-hybridized carbons (Fsp3) is 0.959. The molecular weight excluding hydrogens is 897 g/mol. The Morgan fingerprint density at radius 1 is 0.821 bits per heavy atom. The van der Waals surface area contributed by atoms with E-state index in [1.54, 1.807) is 48.8 Å². The van der Waals surface area contributed by atoms with E-state index < -0.39 is 118 Å². The lowest BCUT2D eigenvalue weighted by Gasteiger charge is -2.51. The molecule has 3 aliphatic heterocycles. The van der Waals surface area contributed by atoms with E-state index in [0.29, 0.717) is 18.7 Å². The second-order valence-electron chi connectivity index (χ2n) is 23.1. The number of aliphatic hydroxyl groups is 2. The highest BCUT2D eigenvalue weighted by Gasteiger charge is 2.55. The topological polar surface area (TPSA) is 175 Å². The van der Waals surface area contributed by atoms with Crippen LogP contribution < -0.4 is 0 Å². The minimum atomic E-state index is -2.20. The molecule has 67 heavy (non-hydrogen) atoms. The highest BCUT2D eigenvalue weighted by atomic mass is 28.4. The molecule has 3 fully saturated rings. The zero-order chi connectivity index (χ0) is 51.4. The summed E-state index contributed by atoms with van der Waals surface area (Å²) in [4.78, 5) is 23.1. The van der Waals surface area contributed by atoms with Gasteiger partial charge in [-0.2, -0.15) is 0 Å². The van der Waals surface area contributed by atoms with Crippen LogP contribution in [0.15, 0.2) is 5.16 Å². The summed E-state index contributed by atoms with van der Waals surface area (Å²) in [6.45, 7) is 37.5. The van der Waals surface area contributed by atoms with Crippen LogP contribution in [0.1, 0.15) is 116 Å². The van der Waals surface area contributed by atoms with Crippen LogP contribution in [0.3, 0.4) is 0 Å². The Labute approximate surface area is 407 Å². The summed E-state index contributed by atoms with van der Waals surface area (Å²) >= 11 is 0. The fourth-order valence-corrected chi connectivity index (χ4v) is 12.7. The molecule has 0 saturated carbocycles. The first-order valence-electron chi connectivity index (χ1n) is 24.9. The van der Waals surface area contributed by atoms with Crippen molar-refractivity contribution in [1.29, 1.82) is 0 Å². The quantitative estimate of drug-likeness (QED) is 0.0665. The normalized spacial score (nSPS) is 42.1. The number of hydrogen-bond donors (Lipinski definition) is 2. The molecule has 0 aromatic heterocycles. The summed E-state index contributed by atoms with van der Waals surface area (Å²) in [6, 6.07) is -0.0381.